The highest BCUT2D eigenvalue weighted by Crippen LogP contribution is 2.00. The van der Waals surface area contributed by atoms with Crippen molar-refractivity contribution in [1.29, 1.82) is 0 Å². The van der Waals surface area contributed by atoms with Crippen LogP contribution in [0, 0.1) is 0 Å². The SMILES string of the molecule is CC(CC(=O)OCCCl)NCc1ccccc1. The molecule has 1 unspecified atom stereocenters. The van der Waals surface area contributed by atoms with Gasteiger partial charge in [-0.2, -0.15) is 0 Å². The fourth-order valence-corrected chi connectivity index (χ4v) is 1.50. The van der Waals surface area contributed by atoms with Crippen LogP contribution >= 0.6 is 11.6 Å². The van der Waals surface area contributed by atoms with E-state index in [1.54, 1.807) is 0 Å². The van der Waals surface area contributed by atoms with Gasteiger partial charge in [-0.05, 0) is 12.5 Å². The van der Waals surface area contributed by atoms with Crippen LogP contribution in [-0.4, -0.2) is 24.5 Å². The number of halogens is 1. The molecule has 0 saturated carbocycles. The number of alkyl halides is 1. The molecule has 0 aliphatic rings. The van der Waals surface area contributed by atoms with Gasteiger partial charge in [0.05, 0.1) is 12.3 Å². The van der Waals surface area contributed by atoms with Gasteiger partial charge in [-0.3, -0.25) is 4.79 Å². The molecule has 0 fully saturated rings. The highest BCUT2D eigenvalue weighted by molar-refractivity contribution is 6.18. The molecule has 0 spiro atoms. The first-order valence-electron chi connectivity index (χ1n) is 5.71. The lowest BCUT2D eigenvalue weighted by molar-refractivity contribution is -0.143. The van der Waals surface area contributed by atoms with Gasteiger partial charge in [0.1, 0.15) is 6.61 Å². The molecule has 0 saturated heterocycles. The maximum Gasteiger partial charge on any atom is 0.307 e. The lowest BCUT2D eigenvalue weighted by Crippen LogP contribution is -2.28. The Morgan fingerprint density at radius 1 is 1.41 bits per heavy atom. The minimum atomic E-state index is -0.210. The Morgan fingerprint density at radius 3 is 2.76 bits per heavy atom. The molecule has 0 bridgehead atoms. The molecular formula is C13H18ClNO2. The quantitative estimate of drug-likeness (QED) is 0.600. The summed E-state index contributed by atoms with van der Waals surface area (Å²) in [4.78, 5) is 11.3. The molecule has 0 heterocycles. The van der Waals surface area contributed by atoms with Crippen LogP contribution in [0.3, 0.4) is 0 Å². The predicted molar refractivity (Wildman–Crippen MR) is 69.0 cm³/mol. The van der Waals surface area contributed by atoms with E-state index in [9.17, 15) is 4.79 Å². The van der Waals surface area contributed by atoms with E-state index in [4.69, 9.17) is 16.3 Å². The van der Waals surface area contributed by atoms with Crippen LogP contribution in [0.25, 0.3) is 0 Å². The molecule has 0 aliphatic carbocycles. The molecule has 94 valence electrons. The molecule has 0 aromatic heterocycles. The molecule has 3 nitrogen and oxygen atoms in total. The van der Waals surface area contributed by atoms with Gasteiger partial charge in [-0.15, -0.1) is 11.6 Å². The normalized spacial score (nSPS) is 12.1. The third kappa shape index (κ3) is 6.29. The Hall–Kier alpha value is -1.06. The lowest BCUT2D eigenvalue weighted by atomic mass is 10.2. The van der Waals surface area contributed by atoms with Gasteiger partial charge in [0.2, 0.25) is 0 Å². The second kappa shape index (κ2) is 8.09. The number of carbonyl (C=O) groups excluding carboxylic acids is 1. The topological polar surface area (TPSA) is 38.3 Å². The van der Waals surface area contributed by atoms with Gasteiger partial charge >= 0.3 is 5.97 Å². The van der Waals surface area contributed by atoms with Crippen LogP contribution in [0.5, 0.6) is 0 Å². The maximum atomic E-state index is 11.3. The van der Waals surface area contributed by atoms with Gasteiger partial charge < -0.3 is 10.1 Å². The van der Waals surface area contributed by atoms with Crippen molar-refractivity contribution in [2.24, 2.45) is 0 Å². The summed E-state index contributed by atoms with van der Waals surface area (Å²) in [7, 11) is 0. The molecule has 0 radical (unpaired) electrons. The van der Waals surface area contributed by atoms with Crippen molar-refractivity contribution in [2.45, 2.75) is 25.9 Å². The zero-order valence-electron chi connectivity index (χ0n) is 9.99. The number of hydrogen-bond acceptors (Lipinski definition) is 3. The third-order valence-corrected chi connectivity index (χ3v) is 2.46. The number of rotatable bonds is 7. The van der Waals surface area contributed by atoms with Crippen molar-refractivity contribution in [3.8, 4) is 0 Å². The number of benzene rings is 1. The van der Waals surface area contributed by atoms with Gasteiger partial charge in [-0.1, -0.05) is 30.3 Å². The van der Waals surface area contributed by atoms with Gasteiger partial charge in [0.25, 0.3) is 0 Å². The standard InChI is InChI=1S/C13H18ClNO2/c1-11(9-13(16)17-8-7-14)15-10-12-5-3-2-4-6-12/h2-6,11,15H,7-10H2,1H3. The molecular weight excluding hydrogens is 238 g/mol. The zero-order valence-corrected chi connectivity index (χ0v) is 10.7. The van der Waals surface area contributed by atoms with Crippen molar-refractivity contribution in [1.82, 2.24) is 5.32 Å². The van der Waals surface area contributed by atoms with E-state index >= 15 is 0 Å². The first kappa shape index (κ1) is 14.0. The average molecular weight is 256 g/mol. The largest absolute Gasteiger partial charge is 0.464 e. The summed E-state index contributed by atoms with van der Waals surface area (Å²) in [6.07, 6.45) is 0.365. The van der Waals surface area contributed by atoms with Crippen molar-refractivity contribution >= 4 is 17.6 Å². The highest BCUT2D eigenvalue weighted by Gasteiger charge is 2.09. The summed E-state index contributed by atoms with van der Waals surface area (Å²) in [6, 6.07) is 10.2. The Balaban J connectivity index is 2.21. The average Bonchev–Trinajstić information content (AvgIpc) is 2.35. The number of esters is 1. The summed E-state index contributed by atoms with van der Waals surface area (Å²) in [5, 5.41) is 3.27. The van der Waals surface area contributed by atoms with Gasteiger partial charge in [0, 0.05) is 12.6 Å². The molecule has 0 amide bonds. The third-order valence-electron chi connectivity index (χ3n) is 2.31. The smallest absolute Gasteiger partial charge is 0.307 e. The molecule has 4 heteroatoms. The summed E-state index contributed by atoms with van der Waals surface area (Å²) < 4.78 is 4.90. The Morgan fingerprint density at radius 2 is 2.12 bits per heavy atom. The molecule has 0 aliphatic heterocycles. The van der Waals surface area contributed by atoms with E-state index < -0.39 is 0 Å². The molecule has 17 heavy (non-hydrogen) atoms. The van der Waals surface area contributed by atoms with Crippen LogP contribution in [0.2, 0.25) is 0 Å². The summed E-state index contributed by atoms with van der Waals surface area (Å²) in [5.41, 5.74) is 1.20. The van der Waals surface area contributed by atoms with Gasteiger partial charge in [0.15, 0.2) is 0 Å². The van der Waals surface area contributed by atoms with Crippen LogP contribution in [0.1, 0.15) is 18.9 Å². The summed E-state index contributed by atoms with van der Waals surface area (Å²) in [6.45, 7) is 3.00. The van der Waals surface area contributed by atoms with E-state index in [1.807, 2.05) is 37.3 Å². The number of hydrogen-bond donors (Lipinski definition) is 1. The van der Waals surface area contributed by atoms with Crippen LogP contribution in [-0.2, 0) is 16.1 Å². The molecule has 1 N–H and O–H groups in total. The molecule has 1 rings (SSSR count). The van der Waals surface area contributed by atoms with Crippen molar-refractivity contribution in [2.75, 3.05) is 12.5 Å². The van der Waals surface area contributed by atoms with Crippen LogP contribution in [0.4, 0.5) is 0 Å². The first-order chi connectivity index (χ1) is 8.22. The fourth-order valence-electron chi connectivity index (χ4n) is 1.42. The van der Waals surface area contributed by atoms with E-state index in [-0.39, 0.29) is 18.6 Å². The van der Waals surface area contributed by atoms with E-state index in [0.717, 1.165) is 6.54 Å². The van der Waals surface area contributed by atoms with Crippen LogP contribution < -0.4 is 5.32 Å². The van der Waals surface area contributed by atoms with Crippen molar-refractivity contribution < 1.29 is 9.53 Å². The summed E-state index contributed by atoms with van der Waals surface area (Å²) in [5.74, 6) is 0.135. The summed E-state index contributed by atoms with van der Waals surface area (Å²) >= 11 is 5.43. The van der Waals surface area contributed by atoms with E-state index in [2.05, 4.69) is 5.32 Å². The number of carbonyl (C=O) groups is 1. The van der Waals surface area contributed by atoms with Gasteiger partial charge in [-0.25, -0.2) is 0 Å². The number of ether oxygens (including phenoxy) is 1. The predicted octanol–water partition coefficient (Wildman–Crippen LogP) is 2.34. The molecule has 1 atom stereocenters. The van der Waals surface area contributed by atoms with E-state index in [0.29, 0.717) is 12.3 Å². The molecule has 1 aromatic carbocycles. The minimum absolute atomic E-state index is 0.0954. The lowest BCUT2D eigenvalue weighted by Gasteiger charge is -2.13. The van der Waals surface area contributed by atoms with Crippen molar-refractivity contribution in [3.05, 3.63) is 35.9 Å². The highest BCUT2D eigenvalue weighted by atomic mass is 35.5. The second-order valence-electron chi connectivity index (χ2n) is 3.88. The fraction of sp³-hybridized carbons (Fsp3) is 0.462. The van der Waals surface area contributed by atoms with Crippen LogP contribution in [0.15, 0.2) is 30.3 Å². The second-order valence-corrected chi connectivity index (χ2v) is 4.26. The Kier molecular flexibility index (Phi) is 6.67. The Bertz CT molecular complexity index is 329. The van der Waals surface area contributed by atoms with Crippen molar-refractivity contribution in [3.63, 3.8) is 0 Å². The number of nitrogens with one attached hydrogen (secondary N) is 1. The maximum absolute atomic E-state index is 11.3. The minimum Gasteiger partial charge on any atom is -0.464 e. The monoisotopic (exact) mass is 255 g/mol. The zero-order chi connectivity index (χ0) is 12.5. The van der Waals surface area contributed by atoms with E-state index in [1.165, 1.54) is 5.56 Å². The first-order valence-corrected chi connectivity index (χ1v) is 6.24. The Labute approximate surface area is 107 Å². The molecule has 1 aromatic rings.